The third kappa shape index (κ3) is 3.93. The van der Waals surface area contributed by atoms with E-state index in [-0.39, 0.29) is 0 Å². The van der Waals surface area contributed by atoms with E-state index in [1.807, 2.05) is 24.3 Å². The van der Waals surface area contributed by atoms with Crippen molar-refractivity contribution >= 4 is 0 Å². The van der Waals surface area contributed by atoms with Crippen LogP contribution in [0.2, 0.25) is 0 Å². The van der Waals surface area contributed by atoms with Crippen LogP contribution >= 0.6 is 0 Å². The molecule has 5 nitrogen and oxygen atoms in total. The van der Waals surface area contributed by atoms with Crippen molar-refractivity contribution < 1.29 is 19.3 Å². The fraction of sp³-hybridized carbons (Fsp3) is 0.312. The van der Waals surface area contributed by atoms with Crippen LogP contribution in [0.15, 0.2) is 42.6 Å². The third-order valence-electron chi connectivity index (χ3n) is 3.04. The summed E-state index contributed by atoms with van der Waals surface area (Å²) in [7, 11) is 3.17. The van der Waals surface area contributed by atoms with Gasteiger partial charge in [-0.1, -0.05) is 18.2 Å². The lowest BCUT2D eigenvalue weighted by atomic mass is 10.0. The van der Waals surface area contributed by atoms with Gasteiger partial charge in [-0.2, -0.15) is 0 Å². The molecule has 0 aliphatic rings. The quantitative estimate of drug-likeness (QED) is 0.792. The van der Waals surface area contributed by atoms with Crippen LogP contribution in [0.25, 0.3) is 0 Å². The summed E-state index contributed by atoms with van der Waals surface area (Å²) in [5.41, 5.74) is 1.37. The number of methoxy groups -OCH3 is 2. The summed E-state index contributed by atoms with van der Waals surface area (Å²) in [5, 5.41) is 10.5. The maximum Gasteiger partial charge on any atom is 0.212 e. The molecule has 112 valence electrons. The monoisotopic (exact) mass is 289 g/mol. The van der Waals surface area contributed by atoms with Gasteiger partial charge >= 0.3 is 0 Å². The molecule has 1 atom stereocenters. The van der Waals surface area contributed by atoms with Crippen molar-refractivity contribution in [2.45, 2.75) is 6.10 Å². The van der Waals surface area contributed by atoms with Crippen molar-refractivity contribution in [3.05, 3.63) is 53.7 Å². The van der Waals surface area contributed by atoms with E-state index in [9.17, 15) is 5.11 Å². The number of aliphatic hydroxyl groups is 1. The summed E-state index contributed by atoms with van der Waals surface area (Å²) >= 11 is 0. The second-order valence-electron chi connectivity index (χ2n) is 4.42. The smallest absolute Gasteiger partial charge is 0.212 e. The van der Waals surface area contributed by atoms with Crippen molar-refractivity contribution in [3.8, 4) is 11.6 Å². The van der Waals surface area contributed by atoms with Gasteiger partial charge in [0.2, 0.25) is 5.88 Å². The van der Waals surface area contributed by atoms with Crippen LogP contribution in [0.5, 0.6) is 11.6 Å². The fourth-order valence-corrected chi connectivity index (χ4v) is 1.93. The molecule has 1 aromatic heterocycles. The number of hydrogen-bond acceptors (Lipinski definition) is 5. The number of rotatable bonds is 7. The van der Waals surface area contributed by atoms with Crippen molar-refractivity contribution in [2.24, 2.45) is 0 Å². The Morgan fingerprint density at radius 3 is 2.57 bits per heavy atom. The average molecular weight is 289 g/mol. The summed E-state index contributed by atoms with van der Waals surface area (Å²) < 4.78 is 15.6. The molecule has 0 bridgehead atoms. The maximum absolute atomic E-state index is 10.5. The van der Waals surface area contributed by atoms with E-state index in [1.54, 1.807) is 32.5 Å². The van der Waals surface area contributed by atoms with Gasteiger partial charge in [0.25, 0.3) is 0 Å². The number of hydrogen-bond donors (Lipinski definition) is 1. The van der Waals surface area contributed by atoms with Crippen LogP contribution < -0.4 is 9.47 Å². The molecule has 1 unspecified atom stereocenters. The number of aliphatic hydroxyl groups excluding tert-OH is 1. The molecule has 21 heavy (non-hydrogen) atoms. The van der Waals surface area contributed by atoms with E-state index >= 15 is 0 Å². The zero-order valence-electron chi connectivity index (χ0n) is 12.2. The van der Waals surface area contributed by atoms with Crippen LogP contribution in [0.1, 0.15) is 17.2 Å². The minimum atomic E-state index is -0.804. The van der Waals surface area contributed by atoms with Crippen LogP contribution in [-0.2, 0) is 4.74 Å². The van der Waals surface area contributed by atoms with Crippen molar-refractivity contribution in [1.29, 1.82) is 0 Å². The molecule has 0 fully saturated rings. The summed E-state index contributed by atoms with van der Waals surface area (Å²) in [6, 6.07) is 10.9. The summed E-state index contributed by atoms with van der Waals surface area (Å²) in [6.07, 6.45) is 0.789. The Bertz CT molecular complexity index is 556. The van der Waals surface area contributed by atoms with Gasteiger partial charge in [0.15, 0.2) is 0 Å². The maximum atomic E-state index is 10.5. The molecule has 1 heterocycles. The highest BCUT2D eigenvalue weighted by Crippen LogP contribution is 2.30. The van der Waals surface area contributed by atoms with E-state index in [0.717, 1.165) is 0 Å². The van der Waals surface area contributed by atoms with E-state index < -0.39 is 6.10 Å². The molecular formula is C16H19NO4. The van der Waals surface area contributed by atoms with E-state index in [4.69, 9.17) is 14.2 Å². The highest BCUT2D eigenvalue weighted by molar-refractivity contribution is 5.40. The Morgan fingerprint density at radius 2 is 1.90 bits per heavy atom. The fourth-order valence-electron chi connectivity index (χ4n) is 1.93. The van der Waals surface area contributed by atoms with Crippen LogP contribution in [0.3, 0.4) is 0 Å². The minimum Gasteiger partial charge on any atom is -0.491 e. The van der Waals surface area contributed by atoms with E-state index in [1.165, 1.54) is 0 Å². The first-order valence-corrected chi connectivity index (χ1v) is 6.65. The Hall–Kier alpha value is -2.11. The van der Waals surface area contributed by atoms with Gasteiger partial charge in [-0.25, -0.2) is 4.98 Å². The highest BCUT2D eigenvalue weighted by atomic mass is 16.5. The standard InChI is InChI=1S/C16H19NO4/c1-19-9-10-21-14-6-4-3-5-13(14)16(18)12-7-8-15(20-2)17-11-12/h3-8,11,16,18H,9-10H2,1-2H3. The Kier molecular flexibility index (Phi) is 5.54. The normalized spacial score (nSPS) is 12.0. The molecule has 1 N–H and O–H groups in total. The topological polar surface area (TPSA) is 60.8 Å². The molecule has 2 rings (SSSR count). The van der Waals surface area contributed by atoms with Crippen LogP contribution in [-0.4, -0.2) is 37.5 Å². The molecule has 5 heteroatoms. The van der Waals surface area contributed by atoms with E-state index in [0.29, 0.717) is 36.0 Å². The van der Waals surface area contributed by atoms with Gasteiger partial charge in [-0.15, -0.1) is 0 Å². The first-order valence-electron chi connectivity index (χ1n) is 6.65. The molecule has 0 saturated heterocycles. The Labute approximate surface area is 124 Å². The lowest BCUT2D eigenvalue weighted by molar-refractivity contribution is 0.142. The van der Waals surface area contributed by atoms with Gasteiger partial charge in [-0.3, -0.25) is 0 Å². The Morgan fingerprint density at radius 1 is 1.10 bits per heavy atom. The molecule has 0 aliphatic heterocycles. The number of benzene rings is 1. The first kappa shape index (κ1) is 15.3. The first-order chi connectivity index (χ1) is 10.3. The van der Waals surface area contributed by atoms with Crippen molar-refractivity contribution in [3.63, 3.8) is 0 Å². The van der Waals surface area contributed by atoms with Crippen molar-refractivity contribution in [2.75, 3.05) is 27.4 Å². The summed E-state index contributed by atoms with van der Waals surface area (Å²) in [4.78, 5) is 4.11. The Balaban J connectivity index is 2.19. The molecule has 0 amide bonds. The second-order valence-corrected chi connectivity index (χ2v) is 4.42. The van der Waals surface area contributed by atoms with E-state index in [2.05, 4.69) is 4.98 Å². The molecule has 0 aliphatic carbocycles. The zero-order valence-corrected chi connectivity index (χ0v) is 12.2. The summed E-state index contributed by atoms with van der Waals surface area (Å²) in [6.45, 7) is 0.926. The number of pyridine rings is 1. The molecule has 1 aromatic carbocycles. The van der Waals surface area contributed by atoms with Crippen LogP contribution in [0.4, 0.5) is 0 Å². The average Bonchev–Trinajstić information content (AvgIpc) is 2.55. The molecular weight excluding hydrogens is 270 g/mol. The van der Waals surface area contributed by atoms with Gasteiger partial charge in [0.05, 0.1) is 13.7 Å². The molecule has 0 saturated carbocycles. The summed E-state index contributed by atoms with van der Waals surface area (Å²) in [5.74, 6) is 1.15. The zero-order chi connectivity index (χ0) is 15.1. The number of nitrogens with zero attached hydrogens (tertiary/aromatic N) is 1. The largest absolute Gasteiger partial charge is 0.491 e. The number of ether oxygens (including phenoxy) is 3. The van der Waals surface area contributed by atoms with Gasteiger partial charge in [0.1, 0.15) is 18.5 Å². The number of aromatic nitrogens is 1. The lowest BCUT2D eigenvalue weighted by Gasteiger charge is -2.16. The second kappa shape index (κ2) is 7.61. The lowest BCUT2D eigenvalue weighted by Crippen LogP contribution is -2.08. The van der Waals surface area contributed by atoms with Gasteiger partial charge in [0, 0.05) is 30.5 Å². The molecule has 2 aromatic rings. The minimum absolute atomic E-state index is 0.432. The SMILES string of the molecule is COCCOc1ccccc1C(O)c1ccc(OC)nc1. The number of para-hydroxylation sites is 1. The highest BCUT2D eigenvalue weighted by Gasteiger charge is 2.15. The predicted octanol–water partition coefficient (Wildman–Crippen LogP) is 2.20. The van der Waals surface area contributed by atoms with Gasteiger partial charge in [-0.05, 0) is 12.1 Å². The van der Waals surface area contributed by atoms with Crippen LogP contribution in [0, 0.1) is 0 Å². The third-order valence-corrected chi connectivity index (χ3v) is 3.04. The van der Waals surface area contributed by atoms with Gasteiger partial charge < -0.3 is 19.3 Å². The molecule has 0 radical (unpaired) electrons. The molecule has 0 spiro atoms. The van der Waals surface area contributed by atoms with Crippen molar-refractivity contribution in [1.82, 2.24) is 4.98 Å². The predicted molar refractivity (Wildman–Crippen MR) is 78.7 cm³/mol.